The second-order valence-corrected chi connectivity index (χ2v) is 7.06. The van der Waals surface area contributed by atoms with Crippen LogP contribution < -0.4 is 0 Å². The summed E-state index contributed by atoms with van der Waals surface area (Å²) in [5, 5.41) is 38.6. The Kier molecular flexibility index (Phi) is 7.04. The number of rotatable bonds is 5. The molecule has 0 saturated carbocycles. The van der Waals surface area contributed by atoms with E-state index in [1.54, 1.807) is 0 Å². The number of likely N-dealkylation sites (tertiary alicyclic amines) is 1. The van der Waals surface area contributed by atoms with Gasteiger partial charge in [0.2, 0.25) is 0 Å². The zero-order valence-electron chi connectivity index (χ0n) is 15.7. The SMILES string of the molecule is O=C(OC[C@H]1O[C@H](O)[C@@H](O)[C@H](O)[C@H]1O)[C@H]1CCCN1C(=O)OCc1ccccc1. The molecule has 1 amide bonds. The van der Waals surface area contributed by atoms with Gasteiger partial charge in [0.15, 0.2) is 6.29 Å². The first kappa shape index (κ1) is 21.5. The lowest BCUT2D eigenvalue weighted by Crippen LogP contribution is -2.58. The summed E-state index contributed by atoms with van der Waals surface area (Å²) in [6.45, 7) is -0.0258. The lowest BCUT2D eigenvalue weighted by Gasteiger charge is -2.38. The molecule has 0 bridgehead atoms. The molecule has 10 heteroatoms. The maximum Gasteiger partial charge on any atom is 0.410 e. The van der Waals surface area contributed by atoms with E-state index in [4.69, 9.17) is 14.2 Å². The number of aliphatic hydroxyl groups excluding tert-OH is 4. The number of ether oxygens (including phenoxy) is 3. The fraction of sp³-hybridized carbons (Fsp3) is 0.579. The van der Waals surface area contributed by atoms with Crippen LogP contribution >= 0.6 is 0 Å². The van der Waals surface area contributed by atoms with Crippen LogP contribution in [0.3, 0.4) is 0 Å². The zero-order valence-corrected chi connectivity index (χ0v) is 15.7. The van der Waals surface area contributed by atoms with Gasteiger partial charge in [-0.1, -0.05) is 30.3 Å². The van der Waals surface area contributed by atoms with Crippen LogP contribution in [0.1, 0.15) is 18.4 Å². The minimum atomic E-state index is -1.71. The van der Waals surface area contributed by atoms with E-state index in [-0.39, 0.29) is 6.61 Å². The fourth-order valence-corrected chi connectivity index (χ4v) is 3.36. The van der Waals surface area contributed by atoms with Gasteiger partial charge in [0.05, 0.1) is 0 Å². The van der Waals surface area contributed by atoms with E-state index in [9.17, 15) is 30.0 Å². The Morgan fingerprint density at radius 1 is 1.03 bits per heavy atom. The highest BCUT2D eigenvalue weighted by Gasteiger charge is 2.44. The predicted octanol–water partition coefficient (Wildman–Crippen LogP) is -0.869. The molecule has 0 unspecified atom stereocenters. The topological polar surface area (TPSA) is 146 Å². The normalized spacial score (nSPS) is 32.1. The number of carbonyl (C=O) groups excluding carboxylic acids is 2. The number of hydrogen-bond acceptors (Lipinski definition) is 9. The molecule has 1 aromatic rings. The highest BCUT2D eigenvalue weighted by molar-refractivity contribution is 5.82. The van der Waals surface area contributed by atoms with Crippen molar-refractivity contribution in [1.29, 1.82) is 0 Å². The van der Waals surface area contributed by atoms with Crippen molar-refractivity contribution in [1.82, 2.24) is 4.90 Å². The van der Waals surface area contributed by atoms with Gasteiger partial charge in [0, 0.05) is 6.54 Å². The van der Waals surface area contributed by atoms with Crippen molar-refractivity contribution in [2.24, 2.45) is 0 Å². The van der Waals surface area contributed by atoms with Gasteiger partial charge >= 0.3 is 12.1 Å². The predicted molar refractivity (Wildman–Crippen MR) is 96.2 cm³/mol. The van der Waals surface area contributed by atoms with Gasteiger partial charge in [-0.25, -0.2) is 9.59 Å². The zero-order chi connectivity index (χ0) is 21.0. The van der Waals surface area contributed by atoms with Crippen LogP contribution in [0, 0.1) is 0 Å². The summed E-state index contributed by atoms with van der Waals surface area (Å²) in [4.78, 5) is 26.1. The van der Waals surface area contributed by atoms with Crippen LogP contribution in [-0.4, -0.2) is 87.3 Å². The average molecular weight is 411 g/mol. The number of hydrogen-bond donors (Lipinski definition) is 4. The van der Waals surface area contributed by atoms with Crippen molar-refractivity contribution >= 4 is 12.1 Å². The van der Waals surface area contributed by atoms with E-state index < -0.39 is 55.4 Å². The Morgan fingerprint density at radius 2 is 1.76 bits per heavy atom. The second kappa shape index (κ2) is 9.51. The molecular formula is C19H25NO9. The summed E-state index contributed by atoms with van der Waals surface area (Å²) in [7, 11) is 0. The molecule has 2 aliphatic heterocycles. The summed E-state index contributed by atoms with van der Waals surface area (Å²) in [6, 6.07) is 8.31. The Labute approximate surface area is 167 Å². The van der Waals surface area contributed by atoms with Gasteiger partial charge in [0.25, 0.3) is 0 Å². The number of amides is 1. The highest BCUT2D eigenvalue weighted by atomic mass is 16.7. The summed E-state index contributed by atoms with van der Waals surface area (Å²) in [5.41, 5.74) is 0.821. The van der Waals surface area contributed by atoms with E-state index in [1.807, 2.05) is 30.3 Å². The largest absolute Gasteiger partial charge is 0.461 e. The van der Waals surface area contributed by atoms with Crippen molar-refractivity contribution in [3.63, 3.8) is 0 Å². The summed E-state index contributed by atoms with van der Waals surface area (Å²) < 4.78 is 15.4. The Morgan fingerprint density at radius 3 is 2.48 bits per heavy atom. The molecule has 2 heterocycles. The lowest BCUT2D eigenvalue weighted by molar-refractivity contribution is -0.287. The molecule has 0 radical (unpaired) electrons. The van der Waals surface area contributed by atoms with Gasteiger partial charge < -0.3 is 34.6 Å². The Balaban J connectivity index is 1.51. The van der Waals surface area contributed by atoms with E-state index in [2.05, 4.69) is 0 Å². The van der Waals surface area contributed by atoms with Gasteiger partial charge in [-0.3, -0.25) is 4.90 Å². The first-order valence-corrected chi connectivity index (χ1v) is 9.40. The van der Waals surface area contributed by atoms with E-state index in [1.165, 1.54) is 4.90 Å². The van der Waals surface area contributed by atoms with E-state index in [0.29, 0.717) is 19.4 Å². The van der Waals surface area contributed by atoms with Crippen molar-refractivity contribution < 1.29 is 44.2 Å². The molecule has 10 nitrogen and oxygen atoms in total. The molecule has 29 heavy (non-hydrogen) atoms. The lowest BCUT2D eigenvalue weighted by atomic mass is 9.99. The molecule has 2 saturated heterocycles. The van der Waals surface area contributed by atoms with Gasteiger partial charge in [0.1, 0.15) is 43.7 Å². The first-order valence-electron chi connectivity index (χ1n) is 9.40. The van der Waals surface area contributed by atoms with Gasteiger partial charge in [-0.05, 0) is 18.4 Å². The molecule has 0 aromatic heterocycles. The Hall–Kier alpha value is -2.24. The first-order chi connectivity index (χ1) is 13.9. The summed E-state index contributed by atoms with van der Waals surface area (Å²) in [6.07, 6.45) is -7.41. The third kappa shape index (κ3) is 5.03. The average Bonchev–Trinajstić information content (AvgIpc) is 3.23. The van der Waals surface area contributed by atoms with E-state index >= 15 is 0 Å². The van der Waals surface area contributed by atoms with E-state index in [0.717, 1.165) is 5.56 Å². The molecule has 0 spiro atoms. The van der Waals surface area contributed by atoms with Crippen LogP contribution in [0.5, 0.6) is 0 Å². The maximum absolute atomic E-state index is 12.4. The van der Waals surface area contributed by atoms with Gasteiger partial charge in [-0.2, -0.15) is 0 Å². The Bertz CT molecular complexity index is 700. The molecule has 160 valence electrons. The molecular weight excluding hydrogens is 386 g/mol. The van der Waals surface area contributed by atoms with Crippen molar-refractivity contribution in [2.45, 2.75) is 56.2 Å². The molecule has 2 fully saturated rings. The smallest absolute Gasteiger partial charge is 0.410 e. The minimum Gasteiger partial charge on any atom is -0.461 e. The number of esters is 1. The third-order valence-electron chi connectivity index (χ3n) is 5.04. The number of nitrogens with zero attached hydrogens (tertiary/aromatic N) is 1. The molecule has 3 rings (SSSR count). The summed E-state index contributed by atoms with van der Waals surface area (Å²) >= 11 is 0. The monoisotopic (exact) mass is 411 g/mol. The molecule has 2 aliphatic rings. The van der Waals surface area contributed by atoms with Crippen LogP contribution in [-0.2, 0) is 25.6 Å². The summed E-state index contributed by atoms with van der Waals surface area (Å²) in [5.74, 6) is -0.704. The van der Waals surface area contributed by atoms with Crippen LogP contribution in [0.4, 0.5) is 4.79 Å². The van der Waals surface area contributed by atoms with Crippen molar-refractivity contribution in [3.05, 3.63) is 35.9 Å². The molecule has 4 N–H and O–H groups in total. The van der Waals surface area contributed by atoms with Crippen molar-refractivity contribution in [2.75, 3.05) is 13.2 Å². The number of benzene rings is 1. The number of carbonyl (C=O) groups is 2. The molecule has 6 atom stereocenters. The second-order valence-electron chi connectivity index (χ2n) is 7.06. The van der Waals surface area contributed by atoms with Crippen LogP contribution in [0.2, 0.25) is 0 Å². The number of aliphatic hydroxyl groups is 4. The van der Waals surface area contributed by atoms with Crippen LogP contribution in [0.25, 0.3) is 0 Å². The maximum atomic E-state index is 12.4. The third-order valence-corrected chi connectivity index (χ3v) is 5.04. The molecule has 1 aromatic carbocycles. The van der Waals surface area contributed by atoms with Crippen LogP contribution in [0.15, 0.2) is 30.3 Å². The van der Waals surface area contributed by atoms with Gasteiger partial charge in [-0.15, -0.1) is 0 Å². The fourth-order valence-electron chi connectivity index (χ4n) is 3.36. The molecule has 0 aliphatic carbocycles. The van der Waals surface area contributed by atoms with Crippen molar-refractivity contribution in [3.8, 4) is 0 Å². The standard InChI is InChI=1S/C19H25NO9/c21-14-13(29-18(25)16(23)15(14)22)10-27-17(24)12-7-4-8-20(12)19(26)28-9-11-5-2-1-3-6-11/h1-3,5-6,12-16,18,21-23,25H,4,7-10H2/t12-,13-,14+,15-,16+,18+/m1/s1. The quantitative estimate of drug-likeness (QED) is 0.454. The highest BCUT2D eigenvalue weighted by Crippen LogP contribution is 2.23. The minimum absolute atomic E-state index is 0.0815.